The SMILES string of the molecule is CNC(=O)c1ccc(N2CCC(N3CCCC(c4ncc(C(F)(F)F)c(=O)[nH]4)C3)CC2)cn1. The summed E-state index contributed by atoms with van der Waals surface area (Å²) in [5.41, 5.74) is -1.03. The Balaban J connectivity index is 1.36. The molecule has 0 bridgehead atoms. The first-order valence-corrected chi connectivity index (χ1v) is 11.1. The Morgan fingerprint density at radius 1 is 1.12 bits per heavy atom. The van der Waals surface area contributed by atoms with Crippen molar-refractivity contribution in [1.82, 2.24) is 25.2 Å². The largest absolute Gasteiger partial charge is 0.423 e. The molecule has 2 N–H and O–H groups in total. The smallest absolute Gasteiger partial charge is 0.370 e. The normalized spacial score (nSPS) is 20.6. The van der Waals surface area contributed by atoms with Crippen molar-refractivity contribution in [1.29, 1.82) is 0 Å². The molecule has 2 aromatic rings. The highest BCUT2D eigenvalue weighted by molar-refractivity contribution is 5.92. The standard InChI is InChI=1S/C22H27F3N6O2/c1-26-21(33)18-5-4-16(11-27-18)30-9-6-15(7-10-30)31-8-2-3-14(13-31)19-28-12-17(20(32)29-19)22(23,24)25/h4-5,11-12,14-15H,2-3,6-10,13H2,1H3,(H,26,33)(H,28,29,32). The summed E-state index contributed by atoms with van der Waals surface area (Å²) in [7, 11) is 1.57. The molecule has 2 aliphatic heterocycles. The average Bonchev–Trinajstić information content (AvgIpc) is 2.83. The van der Waals surface area contributed by atoms with Crippen molar-refractivity contribution in [3.63, 3.8) is 0 Å². The zero-order chi connectivity index (χ0) is 23.6. The van der Waals surface area contributed by atoms with E-state index in [1.54, 1.807) is 19.3 Å². The van der Waals surface area contributed by atoms with E-state index in [4.69, 9.17) is 0 Å². The van der Waals surface area contributed by atoms with E-state index in [1.807, 2.05) is 6.07 Å². The molecule has 0 aliphatic carbocycles. The van der Waals surface area contributed by atoms with Gasteiger partial charge < -0.3 is 15.2 Å². The molecule has 2 aliphatic rings. The van der Waals surface area contributed by atoms with Crippen LogP contribution in [-0.4, -0.2) is 65.0 Å². The fourth-order valence-electron chi connectivity index (χ4n) is 4.70. The molecule has 1 unspecified atom stereocenters. The molecule has 0 radical (unpaired) electrons. The van der Waals surface area contributed by atoms with Gasteiger partial charge in [0.25, 0.3) is 11.5 Å². The summed E-state index contributed by atoms with van der Waals surface area (Å²) in [5.74, 6) is 0.0226. The predicted molar refractivity (Wildman–Crippen MR) is 116 cm³/mol. The number of hydrogen-bond acceptors (Lipinski definition) is 6. The van der Waals surface area contributed by atoms with Crippen LogP contribution in [0.25, 0.3) is 0 Å². The second-order valence-electron chi connectivity index (χ2n) is 8.54. The minimum absolute atomic E-state index is 0.0896. The van der Waals surface area contributed by atoms with E-state index < -0.39 is 17.3 Å². The van der Waals surface area contributed by atoms with Gasteiger partial charge in [0, 0.05) is 44.8 Å². The summed E-state index contributed by atoms with van der Waals surface area (Å²) in [4.78, 5) is 38.7. The maximum atomic E-state index is 12.9. The number of piperidine rings is 2. The number of aromatic amines is 1. The third-order valence-corrected chi connectivity index (χ3v) is 6.52. The Morgan fingerprint density at radius 3 is 2.48 bits per heavy atom. The third-order valence-electron chi connectivity index (χ3n) is 6.52. The monoisotopic (exact) mass is 464 g/mol. The average molecular weight is 464 g/mol. The van der Waals surface area contributed by atoms with Crippen molar-refractivity contribution >= 4 is 11.6 Å². The summed E-state index contributed by atoms with van der Waals surface area (Å²) in [6, 6.07) is 3.98. The van der Waals surface area contributed by atoms with Gasteiger partial charge in [0.05, 0.1) is 11.9 Å². The number of halogens is 3. The number of nitrogens with zero attached hydrogens (tertiary/aromatic N) is 4. The molecule has 8 nitrogen and oxygen atoms in total. The topological polar surface area (TPSA) is 94.2 Å². The van der Waals surface area contributed by atoms with Gasteiger partial charge in [0.15, 0.2) is 0 Å². The van der Waals surface area contributed by atoms with Crippen LogP contribution in [0.4, 0.5) is 18.9 Å². The molecule has 11 heteroatoms. The maximum Gasteiger partial charge on any atom is 0.423 e. The summed E-state index contributed by atoms with van der Waals surface area (Å²) in [5, 5.41) is 2.56. The van der Waals surface area contributed by atoms with Crippen molar-refractivity contribution < 1.29 is 18.0 Å². The van der Waals surface area contributed by atoms with Gasteiger partial charge >= 0.3 is 6.18 Å². The summed E-state index contributed by atoms with van der Waals surface area (Å²) in [6.07, 6.45) is 1.24. The highest BCUT2D eigenvalue weighted by Gasteiger charge is 2.36. The number of amides is 1. The highest BCUT2D eigenvalue weighted by atomic mass is 19.4. The summed E-state index contributed by atoms with van der Waals surface area (Å²) >= 11 is 0. The third kappa shape index (κ3) is 5.18. The number of aromatic nitrogens is 3. The number of nitrogens with one attached hydrogen (secondary N) is 2. The molecule has 4 rings (SSSR count). The van der Waals surface area contributed by atoms with Crippen LogP contribution in [0.1, 0.15) is 53.5 Å². The lowest BCUT2D eigenvalue weighted by molar-refractivity contribution is -0.139. The molecule has 0 spiro atoms. The number of H-pyrrole nitrogens is 1. The summed E-state index contributed by atoms with van der Waals surface area (Å²) in [6.45, 7) is 3.29. The quantitative estimate of drug-likeness (QED) is 0.722. The Morgan fingerprint density at radius 2 is 1.88 bits per heavy atom. The lowest BCUT2D eigenvalue weighted by Gasteiger charge is -2.42. The van der Waals surface area contributed by atoms with Crippen molar-refractivity contribution in [2.75, 3.05) is 38.1 Å². The molecule has 4 heterocycles. The zero-order valence-electron chi connectivity index (χ0n) is 18.4. The maximum absolute atomic E-state index is 12.9. The molecule has 2 aromatic heterocycles. The lowest BCUT2D eigenvalue weighted by atomic mass is 9.93. The van der Waals surface area contributed by atoms with E-state index in [0.29, 0.717) is 30.3 Å². The number of carbonyl (C=O) groups is 1. The first-order chi connectivity index (χ1) is 15.8. The molecule has 33 heavy (non-hydrogen) atoms. The minimum Gasteiger partial charge on any atom is -0.370 e. The van der Waals surface area contributed by atoms with Gasteiger partial charge in [-0.15, -0.1) is 0 Å². The molecule has 0 aromatic carbocycles. The van der Waals surface area contributed by atoms with E-state index in [0.717, 1.165) is 51.0 Å². The van der Waals surface area contributed by atoms with Crippen molar-refractivity contribution in [2.45, 2.75) is 43.8 Å². The van der Waals surface area contributed by atoms with Crippen LogP contribution in [-0.2, 0) is 6.18 Å². The van der Waals surface area contributed by atoms with Crippen LogP contribution < -0.4 is 15.8 Å². The van der Waals surface area contributed by atoms with Gasteiger partial charge in [-0.1, -0.05) is 0 Å². The van der Waals surface area contributed by atoms with Gasteiger partial charge in [0.1, 0.15) is 17.1 Å². The number of alkyl halides is 3. The Bertz CT molecular complexity index is 1030. The second kappa shape index (κ2) is 9.50. The number of hydrogen-bond donors (Lipinski definition) is 2. The van der Waals surface area contributed by atoms with E-state index in [1.165, 1.54) is 0 Å². The van der Waals surface area contributed by atoms with Crippen molar-refractivity contribution in [2.24, 2.45) is 0 Å². The zero-order valence-corrected chi connectivity index (χ0v) is 18.4. The first-order valence-electron chi connectivity index (χ1n) is 11.1. The number of pyridine rings is 1. The lowest BCUT2D eigenvalue weighted by Crippen LogP contribution is -2.48. The molecule has 2 fully saturated rings. The number of likely N-dealkylation sites (tertiary alicyclic amines) is 1. The highest BCUT2D eigenvalue weighted by Crippen LogP contribution is 2.30. The molecular formula is C22H27F3N6O2. The molecule has 2 saturated heterocycles. The van der Waals surface area contributed by atoms with E-state index in [9.17, 15) is 22.8 Å². The molecule has 0 saturated carbocycles. The molecular weight excluding hydrogens is 437 g/mol. The Labute approximate surface area is 189 Å². The van der Waals surface area contributed by atoms with Crippen molar-refractivity contribution in [3.05, 3.63) is 52.0 Å². The van der Waals surface area contributed by atoms with Crippen LogP contribution in [0.3, 0.4) is 0 Å². The van der Waals surface area contributed by atoms with Crippen molar-refractivity contribution in [3.8, 4) is 0 Å². The Hall–Kier alpha value is -2.95. The Kier molecular flexibility index (Phi) is 6.68. The molecule has 178 valence electrons. The fraction of sp³-hybridized carbons (Fsp3) is 0.545. The van der Waals surface area contributed by atoms with Gasteiger partial charge in [-0.05, 0) is 44.4 Å². The van der Waals surface area contributed by atoms with Crippen LogP contribution in [0.5, 0.6) is 0 Å². The van der Waals surface area contributed by atoms with Crippen LogP contribution in [0, 0.1) is 0 Å². The number of carbonyl (C=O) groups excluding carboxylic acids is 1. The minimum atomic E-state index is -4.70. The predicted octanol–water partition coefficient (Wildman–Crippen LogP) is 2.39. The molecule has 1 atom stereocenters. The summed E-state index contributed by atoms with van der Waals surface area (Å²) < 4.78 is 38.6. The van der Waals surface area contributed by atoms with Crippen LogP contribution in [0.2, 0.25) is 0 Å². The van der Waals surface area contributed by atoms with Crippen LogP contribution >= 0.6 is 0 Å². The second-order valence-corrected chi connectivity index (χ2v) is 8.54. The van der Waals surface area contributed by atoms with E-state index >= 15 is 0 Å². The van der Waals surface area contributed by atoms with E-state index in [2.05, 4.69) is 30.1 Å². The van der Waals surface area contributed by atoms with Gasteiger partial charge in [-0.2, -0.15) is 13.2 Å². The van der Waals surface area contributed by atoms with Gasteiger partial charge in [-0.3, -0.25) is 14.5 Å². The fourth-order valence-corrected chi connectivity index (χ4v) is 4.70. The van der Waals surface area contributed by atoms with Crippen LogP contribution in [0.15, 0.2) is 29.3 Å². The van der Waals surface area contributed by atoms with Gasteiger partial charge in [0.2, 0.25) is 0 Å². The number of rotatable bonds is 4. The van der Waals surface area contributed by atoms with E-state index in [-0.39, 0.29) is 11.8 Å². The number of anilines is 1. The first kappa shape index (κ1) is 23.2. The molecule has 1 amide bonds. The van der Waals surface area contributed by atoms with Gasteiger partial charge in [-0.25, -0.2) is 9.97 Å².